The molecule has 0 aliphatic heterocycles. The summed E-state index contributed by atoms with van der Waals surface area (Å²) in [6.45, 7) is 0. The summed E-state index contributed by atoms with van der Waals surface area (Å²) in [6.07, 6.45) is 6.68. The quantitative estimate of drug-likeness (QED) is 0.454. The molecule has 24 heavy (non-hydrogen) atoms. The summed E-state index contributed by atoms with van der Waals surface area (Å²) in [6, 6.07) is 31.3. The van der Waals surface area contributed by atoms with Crippen molar-refractivity contribution in [1.29, 1.82) is 0 Å². The fourth-order valence-electron chi connectivity index (χ4n) is 2.57. The number of rotatable bonds is 5. The Labute approximate surface area is 152 Å². The molecule has 0 nitrogen and oxygen atoms in total. The van der Waals surface area contributed by atoms with Crippen LogP contribution in [0.2, 0.25) is 0 Å². The average Bonchev–Trinajstić information content (AvgIpc) is 2.67. The van der Waals surface area contributed by atoms with E-state index in [9.17, 15) is 0 Å². The molecule has 1 atom stereocenters. The molecular weight excluding hydrogens is 356 g/mol. The Kier molecular flexibility index (Phi) is 5.81. The Morgan fingerprint density at radius 3 is 1.88 bits per heavy atom. The maximum absolute atomic E-state index is 3.74. The van der Waals surface area contributed by atoms with Gasteiger partial charge in [-0.1, -0.05) is 125 Å². The molecule has 0 radical (unpaired) electrons. The molecule has 0 saturated heterocycles. The predicted octanol–water partition coefficient (Wildman–Crippen LogP) is 6.92. The van der Waals surface area contributed by atoms with Gasteiger partial charge in [0, 0.05) is 10.4 Å². The normalized spacial score (nSPS) is 13.1. The number of allylic oxidation sites excluding steroid dienone is 2. The highest BCUT2D eigenvalue weighted by Gasteiger charge is 2.07. The van der Waals surface area contributed by atoms with Gasteiger partial charge < -0.3 is 0 Å². The van der Waals surface area contributed by atoms with Crippen molar-refractivity contribution in [3.63, 3.8) is 0 Å². The minimum atomic E-state index is 0.209. The van der Waals surface area contributed by atoms with Crippen molar-refractivity contribution in [2.75, 3.05) is 0 Å². The molecule has 0 aromatic heterocycles. The zero-order valence-corrected chi connectivity index (χ0v) is 14.9. The van der Waals surface area contributed by atoms with E-state index in [1.165, 1.54) is 16.7 Å². The fourth-order valence-corrected chi connectivity index (χ4v) is 3.12. The van der Waals surface area contributed by atoms with Crippen LogP contribution in [0.15, 0.2) is 103 Å². The van der Waals surface area contributed by atoms with Crippen molar-refractivity contribution in [3.8, 4) is 0 Å². The van der Waals surface area contributed by atoms with Crippen molar-refractivity contribution >= 4 is 26.5 Å². The summed E-state index contributed by atoms with van der Waals surface area (Å²) < 4.78 is 1.11. The SMILES string of the molecule is Br/C(=C/C(/C=C/c1ccccc1)c1ccccc1)c1ccccc1. The summed E-state index contributed by atoms with van der Waals surface area (Å²) in [7, 11) is 0. The van der Waals surface area contributed by atoms with E-state index in [0.29, 0.717) is 0 Å². The van der Waals surface area contributed by atoms with Gasteiger partial charge in [0.25, 0.3) is 0 Å². The van der Waals surface area contributed by atoms with Gasteiger partial charge in [-0.2, -0.15) is 0 Å². The van der Waals surface area contributed by atoms with Crippen molar-refractivity contribution in [2.24, 2.45) is 0 Å². The molecule has 0 aliphatic rings. The van der Waals surface area contributed by atoms with Crippen LogP contribution in [0.3, 0.4) is 0 Å². The monoisotopic (exact) mass is 374 g/mol. The Balaban J connectivity index is 1.92. The highest BCUT2D eigenvalue weighted by atomic mass is 79.9. The molecule has 0 spiro atoms. The van der Waals surface area contributed by atoms with Gasteiger partial charge in [0.2, 0.25) is 0 Å². The van der Waals surface area contributed by atoms with E-state index in [1.807, 2.05) is 12.1 Å². The van der Waals surface area contributed by atoms with Crippen LogP contribution in [-0.2, 0) is 0 Å². The average molecular weight is 375 g/mol. The van der Waals surface area contributed by atoms with Crippen LogP contribution in [0, 0.1) is 0 Å². The third-order valence-corrected chi connectivity index (χ3v) is 4.58. The molecule has 1 unspecified atom stereocenters. The molecule has 0 fully saturated rings. The molecule has 0 amide bonds. The third-order valence-electron chi connectivity index (χ3n) is 3.86. The van der Waals surface area contributed by atoms with Crippen molar-refractivity contribution in [1.82, 2.24) is 0 Å². The molecule has 0 heterocycles. The van der Waals surface area contributed by atoms with Gasteiger partial charge in [0.15, 0.2) is 0 Å². The lowest BCUT2D eigenvalue weighted by Gasteiger charge is -2.10. The van der Waals surface area contributed by atoms with Crippen LogP contribution in [-0.4, -0.2) is 0 Å². The molecule has 0 N–H and O–H groups in total. The third kappa shape index (κ3) is 4.56. The van der Waals surface area contributed by atoms with Gasteiger partial charge in [0.1, 0.15) is 0 Å². The minimum Gasteiger partial charge on any atom is -0.0726 e. The topological polar surface area (TPSA) is 0 Å². The zero-order valence-electron chi connectivity index (χ0n) is 13.3. The number of benzene rings is 3. The largest absolute Gasteiger partial charge is 0.0726 e. The van der Waals surface area contributed by atoms with Gasteiger partial charge in [0.05, 0.1) is 0 Å². The van der Waals surface area contributed by atoms with E-state index >= 15 is 0 Å². The predicted molar refractivity (Wildman–Crippen MR) is 108 cm³/mol. The summed E-state index contributed by atoms with van der Waals surface area (Å²) in [4.78, 5) is 0. The second-order valence-corrected chi connectivity index (χ2v) is 6.44. The molecule has 0 bridgehead atoms. The van der Waals surface area contributed by atoms with Crippen LogP contribution in [0.4, 0.5) is 0 Å². The lowest BCUT2D eigenvalue weighted by molar-refractivity contribution is 1.09. The van der Waals surface area contributed by atoms with E-state index in [4.69, 9.17) is 0 Å². The smallest absolute Gasteiger partial charge is 0.0217 e. The summed E-state index contributed by atoms with van der Waals surface area (Å²) in [5.41, 5.74) is 3.67. The van der Waals surface area contributed by atoms with E-state index < -0.39 is 0 Å². The number of hydrogen-bond acceptors (Lipinski definition) is 0. The fraction of sp³-hybridized carbons (Fsp3) is 0.0435. The van der Waals surface area contributed by atoms with E-state index in [-0.39, 0.29) is 5.92 Å². The first-order valence-electron chi connectivity index (χ1n) is 8.04. The maximum Gasteiger partial charge on any atom is 0.0217 e. The molecule has 1 heteroatoms. The lowest BCUT2D eigenvalue weighted by Crippen LogP contribution is -1.92. The molecule has 3 rings (SSSR count). The zero-order chi connectivity index (χ0) is 16.6. The summed E-state index contributed by atoms with van der Waals surface area (Å²) in [5, 5.41) is 0. The van der Waals surface area contributed by atoms with Crippen LogP contribution in [0.5, 0.6) is 0 Å². The minimum absolute atomic E-state index is 0.209. The Morgan fingerprint density at radius 1 is 0.708 bits per heavy atom. The van der Waals surface area contributed by atoms with Crippen molar-refractivity contribution < 1.29 is 0 Å². The molecule has 118 valence electrons. The van der Waals surface area contributed by atoms with Crippen LogP contribution < -0.4 is 0 Å². The van der Waals surface area contributed by atoms with Crippen molar-refractivity contribution in [2.45, 2.75) is 5.92 Å². The van der Waals surface area contributed by atoms with Gasteiger partial charge in [-0.15, -0.1) is 0 Å². The maximum atomic E-state index is 3.74. The summed E-state index contributed by atoms with van der Waals surface area (Å²) in [5.74, 6) is 0.209. The lowest BCUT2D eigenvalue weighted by atomic mass is 9.96. The van der Waals surface area contributed by atoms with Crippen LogP contribution in [0.25, 0.3) is 10.6 Å². The number of halogens is 1. The van der Waals surface area contributed by atoms with Gasteiger partial charge in [-0.3, -0.25) is 0 Å². The second kappa shape index (κ2) is 8.47. The van der Waals surface area contributed by atoms with Gasteiger partial charge >= 0.3 is 0 Å². The number of hydrogen-bond donors (Lipinski definition) is 0. The van der Waals surface area contributed by atoms with Crippen molar-refractivity contribution in [3.05, 3.63) is 120 Å². The standard InChI is InChI=1S/C23H19Br/c24-23(21-14-8-3-9-15-21)18-22(20-12-6-2-7-13-20)17-16-19-10-4-1-5-11-19/h1-18,22H/b17-16+,23-18+. The Morgan fingerprint density at radius 2 is 1.25 bits per heavy atom. The van der Waals surface area contributed by atoms with Crippen LogP contribution in [0.1, 0.15) is 22.6 Å². The molecule has 3 aromatic rings. The summed E-state index contributed by atoms with van der Waals surface area (Å²) >= 11 is 3.74. The van der Waals surface area contributed by atoms with E-state index in [0.717, 1.165) is 4.48 Å². The molecular formula is C23H19Br. The highest BCUT2D eigenvalue weighted by molar-refractivity contribution is 9.15. The molecule has 0 aliphatic carbocycles. The second-order valence-electron chi connectivity index (χ2n) is 5.59. The van der Waals surface area contributed by atoms with Crippen LogP contribution >= 0.6 is 15.9 Å². The van der Waals surface area contributed by atoms with E-state index in [2.05, 4.69) is 113 Å². The van der Waals surface area contributed by atoms with Gasteiger partial charge in [-0.05, 0) is 16.7 Å². The molecule has 3 aromatic carbocycles. The highest BCUT2D eigenvalue weighted by Crippen LogP contribution is 2.28. The first-order valence-corrected chi connectivity index (χ1v) is 8.83. The molecule has 0 saturated carbocycles. The first-order chi connectivity index (χ1) is 11.8. The Bertz CT molecular complexity index is 802. The Hall–Kier alpha value is -2.38. The first kappa shape index (κ1) is 16.5. The van der Waals surface area contributed by atoms with Gasteiger partial charge in [-0.25, -0.2) is 0 Å². The van der Waals surface area contributed by atoms with E-state index in [1.54, 1.807) is 0 Å².